The summed E-state index contributed by atoms with van der Waals surface area (Å²) in [4.78, 5) is 14.9. The van der Waals surface area contributed by atoms with Crippen LogP contribution in [0.25, 0.3) is 42.9 Å². The number of nitrogens with zero attached hydrogens (tertiary/aromatic N) is 3. The van der Waals surface area contributed by atoms with Crippen LogP contribution in [-0.4, -0.2) is 15.0 Å². The fourth-order valence-electron chi connectivity index (χ4n) is 3.26. The number of rotatable bonds is 2. The average Bonchev–Trinajstić information content (AvgIpc) is 3.11. The third-order valence-electron chi connectivity index (χ3n) is 4.53. The van der Waals surface area contributed by atoms with E-state index in [2.05, 4.69) is 41.2 Å². The van der Waals surface area contributed by atoms with Crippen LogP contribution in [0.4, 0.5) is 5.95 Å². The number of aromatic nitrogens is 3. The molecule has 0 amide bonds. The van der Waals surface area contributed by atoms with E-state index in [1.54, 1.807) is 11.3 Å². The molecule has 0 aliphatic rings. The summed E-state index contributed by atoms with van der Waals surface area (Å²) in [5.41, 5.74) is 11.4. The van der Waals surface area contributed by atoms with E-state index in [0.717, 1.165) is 32.9 Å². The van der Waals surface area contributed by atoms with E-state index in [4.69, 9.17) is 10.7 Å². The molecule has 2 aromatic carbocycles. The third-order valence-corrected chi connectivity index (χ3v) is 5.67. The van der Waals surface area contributed by atoms with E-state index >= 15 is 0 Å². The van der Waals surface area contributed by atoms with Crippen LogP contribution in [0.1, 0.15) is 5.56 Å². The van der Waals surface area contributed by atoms with Gasteiger partial charge in [0, 0.05) is 10.3 Å². The number of thiophene rings is 1. The molecule has 5 aromatic rings. The van der Waals surface area contributed by atoms with Gasteiger partial charge in [-0.05, 0) is 36.6 Å². The standard InChI is InChI=1S/C22H16N4S/c1-13-7-10-18-15(11-13)12-19(27-18)16-8-9-17-21(24-16)20(26-22(23)25-17)14-5-3-2-4-6-14/h2-12H,1H3,(H2,23,25,26). The molecule has 130 valence electrons. The van der Waals surface area contributed by atoms with Crippen LogP contribution in [-0.2, 0) is 0 Å². The van der Waals surface area contributed by atoms with Crippen LogP contribution in [0.2, 0.25) is 0 Å². The molecule has 3 aromatic heterocycles. The van der Waals surface area contributed by atoms with Gasteiger partial charge in [0.1, 0.15) is 11.2 Å². The molecule has 0 aliphatic heterocycles. The second-order valence-electron chi connectivity index (χ2n) is 6.51. The van der Waals surface area contributed by atoms with Crippen molar-refractivity contribution in [3.8, 4) is 21.8 Å². The van der Waals surface area contributed by atoms with Crippen molar-refractivity contribution in [1.29, 1.82) is 0 Å². The summed E-state index contributed by atoms with van der Waals surface area (Å²) in [6.07, 6.45) is 0. The molecule has 0 aliphatic carbocycles. The lowest BCUT2D eigenvalue weighted by atomic mass is 10.1. The van der Waals surface area contributed by atoms with Crippen LogP contribution in [0, 0.1) is 6.92 Å². The van der Waals surface area contributed by atoms with Crippen molar-refractivity contribution in [2.24, 2.45) is 0 Å². The van der Waals surface area contributed by atoms with Crippen LogP contribution in [0.15, 0.2) is 66.7 Å². The van der Waals surface area contributed by atoms with Crippen molar-refractivity contribution < 1.29 is 0 Å². The molecule has 2 N–H and O–H groups in total. The Morgan fingerprint density at radius 2 is 1.70 bits per heavy atom. The lowest BCUT2D eigenvalue weighted by molar-refractivity contribution is 1.22. The molecule has 5 heteroatoms. The van der Waals surface area contributed by atoms with Gasteiger partial charge >= 0.3 is 0 Å². The van der Waals surface area contributed by atoms with Gasteiger partial charge in [0.2, 0.25) is 5.95 Å². The Balaban J connectivity index is 1.73. The van der Waals surface area contributed by atoms with Crippen molar-refractivity contribution in [2.45, 2.75) is 6.92 Å². The highest BCUT2D eigenvalue weighted by atomic mass is 32.1. The Morgan fingerprint density at radius 3 is 2.56 bits per heavy atom. The molecule has 0 saturated carbocycles. The van der Waals surface area contributed by atoms with E-state index < -0.39 is 0 Å². The topological polar surface area (TPSA) is 64.7 Å². The fraction of sp³-hybridized carbons (Fsp3) is 0.0455. The molecule has 5 rings (SSSR count). The number of anilines is 1. The molecule has 0 fully saturated rings. The van der Waals surface area contributed by atoms with Crippen molar-refractivity contribution in [2.75, 3.05) is 5.73 Å². The average molecular weight is 368 g/mol. The van der Waals surface area contributed by atoms with E-state index in [-0.39, 0.29) is 5.95 Å². The van der Waals surface area contributed by atoms with Gasteiger partial charge in [-0.3, -0.25) is 0 Å². The first-order valence-corrected chi connectivity index (χ1v) is 9.49. The number of pyridine rings is 1. The van der Waals surface area contributed by atoms with Gasteiger partial charge in [-0.1, -0.05) is 48.0 Å². The number of nitrogens with two attached hydrogens (primary N) is 1. The molecule has 0 spiro atoms. The molecule has 4 nitrogen and oxygen atoms in total. The highest BCUT2D eigenvalue weighted by Gasteiger charge is 2.13. The molecule has 0 atom stereocenters. The number of benzene rings is 2. The van der Waals surface area contributed by atoms with Gasteiger partial charge in [0.15, 0.2) is 0 Å². The number of aryl methyl sites for hydroxylation is 1. The highest BCUT2D eigenvalue weighted by Crippen LogP contribution is 2.35. The van der Waals surface area contributed by atoms with Gasteiger partial charge in [-0.25, -0.2) is 15.0 Å². The smallest absolute Gasteiger partial charge is 0.221 e. The zero-order valence-electron chi connectivity index (χ0n) is 14.7. The maximum absolute atomic E-state index is 5.93. The Bertz CT molecular complexity index is 1290. The van der Waals surface area contributed by atoms with Crippen LogP contribution < -0.4 is 5.73 Å². The maximum atomic E-state index is 5.93. The van der Waals surface area contributed by atoms with E-state index in [1.165, 1.54) is 15.6 Å². The minimum Gasteiger partial charge on any atom is -0.368 e. The summed E-state index contributed by atoms with van der Waals surface area (Å²) in [5.74, 6) is 0.258. The fourth-order valence-corrected chi connectivity index (χ4v) is 4.27. The van der Waals surface area contributed by atoms with Gasteiger partial charge in [0.25, 0.3) is 0 Å². The van der Waals surface area contributed by atoms with Crippen LogP contribution >= 0.6 is 11.3 Å². The highest BCUT2D eigenvalue weighted by molar-refractivity contribution is 7.22. The number of hydrogen-bond donors (Lipinski definition) is 1. The second kappa shape index (κ2) is 6.14. The molecule has 3 heterocycles. The molecule has 27 heavy (non-hydrogen) atoms. The minimum absolute atomic E-state index is 0.258. The zero-order chi connectivity index (χ0) is 18.4. The van der Waals surface area contributed by atoms with E-state index in [9.17, 15) is 0 Å². The van der Waals surface area contributed by atoms with Gasteiger partial charge in [-0.15, -0.1) is 11.3 Å². The monoisotopic (exact) mass is 368 g/mol. The second-order valence-corrected chi connectivity index (χ2v) is 7.60. The summed E-state index contributed by atoms with van der Waals surface area (Å²) in [6.45, 7) is 2.11. The zero-order valence-corrected chi connectivity index (χ0v) is 15.5. The van der Waals surface area contributed by atoms with Gasteiger partial charge < -0.3 is 5.73 Å². The lowest BCUT2D eigenvalue weighted by Gasteiger charge is -2.07. The summed E-state index contributed by atoms with van der Waals surface area (Å²) >= 11 is 1.74. The number of fused-ring (bicyclic) bond motifs is 2. The normalized spacial score (nSPS) is 11.3. The molecular weight excluding hydrogens is 352 g/mol. The lowest BCUT2D eigenvalue weighted by Crippen LogP contribution is -1.99. The number of nitrogen functional groups attached to an aromatic ring is 1. The van der Waals surface area contributed by atoms with E-state index in [0.29, 0.717) is 0 Å². The number of hydrogen-bond acceptors (Lipinski definition) is 5. The molecule has 0 radical (unpaired) electrons. The minimum atomic E-state index is 0.258. The van der Waals surface area contributed by atoms with Crippen molar-refractivity contribution >= 4 is 38.4 Å². The van der Waals surface area contributed by atoms with Gasteiger partial charge in [0.05, 0.1) is 16.1 Å². The quantitative estimate of drug-likeness (QED) is 0.449. The first kappa shape index (κ1) is 15.9. The van der Waals surface area contributed by atoms with Crippen molar-refractivity contribution in [3.05, 3.63) is 72.3 Å². The Hall–Kier alpha value is -3.31. The summed E-state index contributed by atoms with van der Waals surface area (Å²) in [6, 6.07) is 22.6. The van der Waals surface area contributed by atoms with E-state index in [1.807, 2.05) is 42.5 Å². The van der Waals surface area contributed by atoms with Crippen molar-refractivity contribution in [1.82, 2.24) is 15.0 Å². The van der Waals surface area contributed by atoms with Gasteiger partial charge in [-0.2, -0.15) is 0 Å². The first-order valence-electron chi connectivity index (χ1n) is 8.68. The molecule has 0 bridgehead atoms. The Labute approximate surface area is 160 Å². The summed E-state index contributed by atoms with van der Waals surface area (Å²) in [7, 11) is 0. The van der Waals surface area contributed by atoms with Crippen molar-refractivity contribution in [3.63, 3.8) is 0 Å². The predicted molar refractivity (Wildman–Crippen MR) is 113 cm³/mol. The Kier molecular flexibility index (Phi) is 3.62. The maximum Gasteiger partial charge on any atom is 0.221 e. The SMILES string of the molecule is Cc1ccc2sc(-c3ccc4nc(N)nc(-c5ccccc5)c4n3)cc2c1. The molecule has 0 saturated heterocycles. The summed E-state index contributed by atoms with van der Waals surface area (Å²) in [5, 5.41) is 1.24. The van der Waals surface area contributed by atoms with Crippen LogP contribution in [0.3, 0.4) is 0 Å². The Morgan fingerprint density at radius 1 is 0.852 bits per heavy atom. The first-order chi connectivity index (χ1) is 13.2. The third kappa shape index (κ3) is 2.82. The molecule has 0 unspecified atom stereocenters. The summed E-state index contributed by atoms with van der Waals surface area (Å²) < 4.78 is 1.26. The largest absolute Gasteiger partial charge is 0.368 e. The molecular formula is C22H16N4S. The van der Waals surface area contributed by atoms with Crippen LogP contribution in [0.5, 0.6) is 0 Å². The predicted octanol–water partition coefficient (Wildman–Crippen LogP) is 5.46.